The topological polar surface area (TPSA) is 80.9 Å². The number of nitrogens with one attached hydrogen (secondary N) is 1. The number of nitrogen functional groups attached to an aromatic ring is 1. The molecule has 0 spiro atoms. The van der Waals surface area contributed by atoms with Crippen LogP contribution < -0.4 is 11.1 Å². The monoisotopic (exact) mass is 284 g/mol. The summed E-state index contributed by atoms with van der Waals surface area (Å²) in [4.78, 5) is 10.5. The third-order valence-electron chi connectivity index (χ3n) is 2.43. The van der Waals surface area contributed by atoms with Gasteiger partial charge in [0, 0.05) is 34.2 Å². The highest BCUT2D eigenvalue weighted by molar-refractivity contribution is 7.84. The lowest BCUT2D eigenvalue weighted by Gasteiger charge is -2.06. The maximum Gasteiger partial charge on any atom is 0.223 e. The van der Waals surface area contributed by atoms with Gasteiger partial charge in [-0.1, -0.05) is 0 Å². The molecule has 0 aromatic carbocycles. The molecule has 0 saturated carbocycles. The maximum atomic E-state index is 11.0. The lowest BCUT2D eigenvalue weighted by molar-refractivity contribution is 0.685. The maximum absolute atomic E-state index is 11.0. The van der Waals surface area contributed by atoms with Gasteiger partial charge in [0.2, 0.25) is 5.95 Å². The highest BCUT2D eigenvalue weighted by Crippen LogP contribution is 2.28. The first-order valence-electron chi connectivity index (χ1n) is 5.64. The fourth-order valence-electron chi connectivity index (χ4n) is 1.68. The molecule has 0 bridgehead atoms. The van der Waals surface area contributed by atoms with Gasteiger partial charge >= 0.3 is 0 Å². The lowest BCUT2D eigenvalue weighted by atomic mass is 10.3. The number of hydrogen-bond donors (Lipinski definition) is 2. The van der Waals surface area contributed by atoms with E-state index in [1.807, 2.05) is 6.92 Å². The van der Waals surface area contributed by atoms with Gasteiger partial charge in [-0.3, -0.25) is 4.21 Å². The molecule has 0 radical (unpaired) electrons. The van der Waals surface area contributed by atoms with E-state index in [9.17, 15) is 4.21 Å². The molecular weight excluding hydrogens is 268 g/mol. The highest BCUT2D eigenvalue weighted by atomic mass is 32.2. The minimum absolute atomic E-state index is 0.283. The van der Waals surface area contributed by atoms with Crippen LogP contribution in [0.3, 0.4) is 0 Å². The van der Waals surface area contributed by atoms with E-state index in [-0.39, 0.29) is 5.95 Å². The van der Waals surface area contributed by atoms with Crippen LogP contribution in [0.15, 0.2) is 6.07 Å². The van der Waals surface area contributed by atoms with E-state index in [1.54, 1.807) is 17.6 Å². The van der Waals surface area contributed by atoms with Gasteiger partial charge in [-0.2, -0.15) is 4.98 Å². The number of fused-ring (bicyclic) bond motifs is 1. The van der Waals surface area contributed by atoms with Crippen LogP contribution >= 0.6 is 11.3 Å². The largest absolute Gasteiger partial charge is 0.369 e. The third-order valence-corrected chi connectivity index (χ3v) is 4.24. The Morgan fingerprint density at radius 2 is 2.28 bits per heavy atom. The number of aryl methyl sites for hydroxylation is 1. The molecule has 0 aliphatic heterocycles. The number of thiophene rings is 1. The van der Waals surface area contributed by atoms with Gasteiger partial charge in [-0.05, 0) is 19.4 Å². The number of aromatic nitrogens is 2. The molecule has 5 nitrogen and oxygen atoms in total. The van der Waals surface area contributed by atoms with Crippen LogP contribution in [-0.4, -0.2) is 32.7 Å². The van der Waals surface area contributed by atoms with Gasteiger partial charge < -0.3 is 11.1 Å². The van der Waals surface area contributed by atoms with Crippen molar-refractivity contribution < 1.29 is 4.21 Å². The van der Waals surface area contributed by atoms with Crippen LogP contribution in [0.4, 0.5) is 11.8 Å². The van der Waals surface area contributed by atoms with E-state index in [0.717, 1.165) is 29.0 Å². The molecule has 7 heteroatoms. The van der Waals surface area contributed by atoms with Gasteiger partial charge in [-0.25, -0.2) is 4.98 Å². The van der Waals surface area contributed by atoms with Crippen molar-refractivity contribution in [3.05, 3.63) is 10.9 Å². The zero-order valence-electron chi connectivity index (χ0n) is 10.4. The van der Waals surface area contributed by atoms with Crippen LogP contribution in [0, 0.1) is 6.92 Å². The molecular formula is C11H16N4OS2. The molecule has 98 valence electrons. The molecule has 0 fully saturated rings. The molecule has 0 aliphatic carbocycles. The van der Waals surface area contributed by atoms with Crippen molar-refractivity contribution in [2.45, 2.75) is 13.3 Å². The summed E-state index contributed by atoms with van der Waals surface area (Å²) in [6.07, 6.45) is 2.56. The van der Waals surface area contributed by atoms with E-state index in [2.05, 4.69) is 21.4 Å². The van der Waals surface area contributed by atoms with Crippen LogP contribution in [-0.2, 0) is 10.8 Å². The van der Waals surface area contributed by atoms with Crippen LogP contribution in [0.5, 0.6) is 0 Å². The summed E-state index contributed by atoms with van der Waals surface area (Å²) in [7, 11) is -0.746. The van der Waals surface area contributed by atoms with Gasteiger partial charge in [0.1, 0.15) is 10.6 Å². The summed E-state index contributed by atoms with van der Waals surface area (Å²) in [5.74, 6) is 1.74. The second-order valence-electron chi connectivity index (χ2n) is 4.06. The second-order valence-corrected chi connectivity index (χ2v) is 6.85. The van der Waals surface area contributed by atoms with Crippen LogP contribution in [0.25, 0.3) is 10.2 Å². The average molecular weight is 284 g/mol. The molecule has 3 N–H and O–H groups in total. The Hall–Kier alpha value is -1.21. The first-order chi connectivity index (χ1) is 8.56. The van der Waals surface area contributed by atoms with Crippen molar-refractivity contribution >= 4 is 44.1 Å². The summed E-state index contributed by atoms with van der Waals surface area (Å²) < 4.78 is 11.0. The van der Waals surface area contributed by atoms with Crippen molar-refractivity contribution in [1.29, 1.82) is 0 Å². The van der Waals surface area contributed by atoms with E-state index in [0.29, 0.717) is 5.75 Å². The van der Waals surface area contributed by atoms with Crippen molar-refractivity contribution in [2.75, 3.05) is 29.6 Å². The van der Waals surface area contributed by atoms with Crippen LogP contribution in [0.1, 0.15) is 11.3 Å². The predicted octanol–water partition coefficient (Wildman–Crippen LogP) is 1.76. The zero-order chi connectivity index (χ0) is 13.1. The molecule has 2 rings (SSSR count). The molecule has 2 aromatic rings. The number of hydrogen-bond acceptors (Lipinski definition) is 6. The van der Waals surface area contributed by atoms with Gasteiger partial charge in [0.25, 0.3) is 0 Å². The van der Waals surface area contributed by atoms with E-state index < -0.39 is 10.8 Å². The molecule has 2 heterocycles. The summed E-state index contributed by atoms with van der Waals surface area (Å²) in [6.45, 7) is 2.77. The summed E-state index contributed by atoms with van der Waals surface area (Å²) in [5, 5.41) is 4.24. The standard InChI is InChI=1S/C11H16N4OS2/c1-7-6-8-9(13-4-3-5-18(2)16)14-11(12)15-10(8)17-7/h6H,3-5H2,1-2H3,(H3,12,13,14,15). The molecule has 0 saturated heterocycles. The minimum Gasteiger partial charge on any atom is -0.369 e. The fourth-order valence-corrected chi connectivity index (χ4v) is 3.11. The van der Waals surface area contributed by atoms with E-state index in [1.165, 1.54) is 4.88 Å². The van der Waals surface area contributed by atoms with Gasteiger partial charge in [0.05, 0.1) is 5.39 Å². The zero-order valence-corrected chi connectivity index (χ0v) is 12.0. The molecule has 2 aromatic heterocycles. The number of anilines is 2. The van der Waals surface area contributed by atoms with Crippen molar-refractivity contribution in [3.63, 3.8) is 0 Å². The quantitative estimate of drug-likeness (QED) is 0.818. The number of rotatable bonds is 5. The molecule has 0 amide bonds. The summed E-state index contributed by atoms with van der Waals surface area (Å²) in [5.41, 5.74) is 5.68. The Labute approximate surface area is 112 Å². The molecule has 18 heavy (non-hydrogen) atoms. The Kier molecular flexibility index (Phi) is 4.13. The summed E-state index contributed by atoms with van der Waals surface area (Å²) in [6, 6.07) is 2.06. The third kappa shape index (κ3) is 3.17. The molecule has 1 unspecified atom stereocenters. The van der Waals surface area contributed by atoms with Crippen molar-refractivity contribution in [3.8, 4) is 0 Å². The van der Waals surface area contributed by atoms with E-state index in [4.69, 9.17) is 5.73 Å². The number of nitrogens with zero attached hydrogens (tertiary/aromatic N) is 2. The smallest absolute Gasteiger partial charge is 0.223 e. The van der Waals surface area contributed by atoms with Crippen LogP contribution in [0.2, 0.25) is 0 Å². The van der Waals surface area contributed by atoms with Crippen molar-refractivity contribution in [1.82, 2.24) is 9.97 Å². The first kappa shape index (κ1) is 13.2. The Morgan fingerprint density at radius 3 is 3.00 bits per heavy atom. The van der Waals surface area contributed by atoms with Gasteiger partial charge in [-0.15, -0.1) is 11.3 Å². The highest BCUT2D eigenvalue weighted by Gasteiger charge is 2.08. The fraction of sp³-hybridized carbons (Fsp3) is 0.455. The Balaban J connectivity index is 2.14. The average Bonchev–Trinajstić information content (AvgIpc) is 2.64. The number of nitrogens with two attached hydrogens (primary N) is 1. The summed E-state index contributed by atoms with van der Waals surface area (Å²) >= 11 is 1.60. The van der Waals surface area contributed by atoms with Gasteiger partial charge in [0.15, 0.2) is 0 Å². The first-order valence-corrected chi connectivity index (χ1v) is 8.18. The van der Waals surface area contributed by atoms with E-state index >= 15 is 0 Å². The molecule has 1 atom stereocenters. The molecule has 0 aliphatic rings. The SMILES string of the molecule is Cc1cc2c(NCCCS(C)=O)nc(N)nc2s1. The normalized spacial score (nSPS) is 12.8. The predicted molar refractivity (Wildman–Crippen MR) is 78.6 cm³/mol. The Morgan fingerprint density at radius 1 is 1.50 bits per heavy atom. The lowest BCUT2D eigenvalue weighted by Crippen LogP contribution is -2.08. The van der Waals surface area contributed by atoms with Crippen molar-refractivity contribution in [2.24, 2.45) is 0 Å². The minimum atomic E-state index is -0.746. The Bertz CT molecular complexity index is 582. The second kappa shape index (κ2) is 5.62.